The number of piperidine rings is 1. The molecule has 1 aliphatic rings. The fourth-order valence-corrected chi connectivity index (χ4v) is 4.33. The van der Waals surface area contributed by atoms with Crippen LogP contribution in [0.2, 0.25) is 5.02 Å². The Bertz CT molecular complexity index is 1330. The smallest absolute Gasteiger partial charge is 0.404 e. The molecule has 2 aromatic carbocycles. The lowest BCUT2D eigenvalue weighted by Crippen LogP contribution is -2.35. The molecule has 3 N–H and O–H groups in total. The Balaban J connectivity index is 1.64. The summed E-state index contributed by atoms with van der Waals surface area (Å²) in [6, 6.07) is 10.4. The largest absolute Gasteiger partial charge is 0.573 e. The van der Waals surface area contributed by atoms with Gasteiger partial charge in [0.1, 0.15) is 18.0 Å². The molecule has 1 saturated heterocycles. The third-order valence-corrected chi connectivity index (χ3v) is 6.06. The van der Waals surface area contributed by atoms with Gasteiger partial charge in [-0.25, -0.2) is 14.8 Å². The highest BCUT2D eigenvalue weighted by atomic mass is 35.5. The Morgan fingerprint density at radius 3 is 2.75 bits per heavy atom. The van der Waals surface area contributed by atoms with Gasteiger partial charge in [0, 0.05) is 19.0 Å². The first kappa shape index (κ1) is 25.1. The monoisotopic (exact) mass is 516 g/mol. The van der Waals surface area contributed by atoms with Crippen molar-refractivity contribution in [1.29, 1.82) is 0 Å². The van der Waals surface area contributed by atoms with Gasteiger partial charge < -0.3 is 20.7 Å². The third-order valence-electron chi connectivity index (χ3n) is 5.73. The summed E-state index contributed by atoms with van der Waals surface area (Å²) in [4.78, 5) is 26.2. The zero-order valence-corrected chi connectivity index (χ0v) is 19.5. The molecule has 0 bridgehead atoms. The second-order valence-corrected chi connectivity index (χ2v) is 8.47. The first-order valence-corrected chi connectivity index (χ1v) is 11.2. The van der Waals surface area contributed by atoms with E-state index in [4.69, 9.17) is 23.9 Å². The van der Waals surface area contributed by atoms with Crippen molar-refractivity contribution >= 4 is 40.5 Å². The van der Waals surface area contributed by atoms with Crippen LogP contribution in [0.1, 0.15) is 34.7 Å². The van der Waals surface area contributed by atoms with E-state index in [9.17, 15) is 18.0 Å². The van der Waals surface area contributed by atoms with E-state index < -0.39 is 18.0 Å². The number of hydrogen-bond acceptors (Lipinski definition) is 6. The third kappa shape index (κ3) is 5.60. The molecule has 1 aliphatic heterocycles. The number of amides is 1. The van der Waals surface area contributed by atoms with Crippen molar-refractivity contribution in [2.24, 2.45) is 0 Å². The van der Waals surface area contributed by atoms with Crippen LogP contribution in [0.3, 0.4) is 0 Å². The summed E-state index contributed by atoms with van der Waals surface area (Å²) in [5.74, 6) is -0.849. The quantitative estimate of drug-likeness (QED) is 0.416. The van der Waals surface area contributed by atoms with Crippen LogP contribution in [-0.2, 0) is 0 Å². The zero-order chi connectivity index (χ0) is 25.9. The summed E-state index contributed by atoms with van der Waals surface area (Å²) < 4.78 is 43.3. The molecular formula is C24H20ClF3N6O2. The number of nitrogens with one attached hydrogen (secondary N) is 1. The average Bonchev–Trinajstić information content (AvgIpc) is 2.84. The van der Waals surface area contributed by atoms with Gasteiger partial charge in [-0.15, -0.1) is 13.2 Å². The summed E-state index contributed by atoms with van der Waals surface area (Å²) in [7, 11) is 0. The van der Waals surface area contributed by atoms with Crippen molar-refractivity contribution < 1.29 is 22.7 Å². The van der Waals surface area contributed by atoms with E-state index in [2.05, 4.69) is 24.9 Å². The predicted molar refractivity (Wildman–Crippen MR) is 129 cm³/mol. The van der Waals surface area contributed by atoms with Gasteiger partial charge in [-0.2, -0.15) is 0 Å². The first-order chi connectivity index (χ1) is 17.2. The molecule has 1 aromatic heterocycles. The maximum Gasteiger partial charge on any atom is 0.573 e. The Kier molecular flexibility index (Phi) is 7.17. The lowest BCUT2D eigenvalue weighted by atomic mass is 9.90. The Labute approximate surface area is 209 Å². The maximum atomic E-state index is 13.0. The van der Waals surface area contributed by atoms with Crippen LogP contribution in [-0.4, -0.2) is 35.3 Å². The van der Waals surface area contributed by atoms with Crippen LogP contribution in [0.5, 0.6) is 5.75 Å². The molecule has 0 spiro atoms. The number of ether oxygens (including phenoxy) is 1. The molecule has 8 nitrogen and oxygen atoms in total. The normalized spacial score (nSPS) is 15.8. The summed E-state index contributed by atoms with van der Waals surface area (Å²) >= 11 is 6.08. The van der Waals surface area contributed by atoms with Gasteiger partial charge in [0.15, 0.2) is 5.75 Å². The fourth-order valence-electron chi connectivity index (χ4n) is 4.11. The van der Waals surface area contributed by atoms with Gasteiger partial charge in [0.25, 0.3) is 11.6 Å². The first-order valence-electron chi connectivity index (χ1n) is 10.8. The molecule has 1 fully saturated rings. The molecular weight excluding hydrogens is 497 g/mol. The lowest BCUT2D eigenvalue weighted by Gasteiger charge is -2.34. The summed E-state index contributed by atoms with van der Waals surface area (Å²) in [6.45, 7) is 8.48. The van der Waals surface area contributed by atoms with Crippen molar-refractivity contribution in [2.45, 2.75) is 25.1 Å². The van der Waals surface area contributed by atoms with Gasteiger partial charge >= 0.3 is 6.36 Å². The molecule has 186 valence electrons. The van der Waals surface area contributed by atoms with Crippen LogP contribution in [0.25, 0.3) is 4.85 Å². The van der Waals surface area contributed by atoms with E-state index in [-0.39, 0.29) is 33.7 Å². The Morgan fingerprint density at radius 2 is 2.03 bits per heavy atom. The number of alkyl halides is 3. The maximum absolute atomic E-state index is 13.0. The van der Waals surface area contributed by atoms with Crippen LogP contribution >= 0.6 is 11.6 Å². The second-order valence-electron chi connectivity index (χ2n) is 8.07. The molecule has 3 aromatic rings. The van der Waals surface area contributed by atoms with E-state index in [1.165, 1.54) is 36.7 Å². The molecule has 36 heavy (non-hydrogen) atoms. The molecule has 1 amide bonds. The van der Waals surface area contributed by atoms with E-state index in [1.54, 1.807) is 12.1 Å². The number of benzene rings is 2. The molecule has 1 atom stereocenters. The van der Waals surface area contributed by atoms with E-state index in [0.29, 0.717) is 24.5 Å². The number of carbonyl (C=O) groups is 1. The van der Waals surface area contributed by atoms with Gasteiger partial charge in [-0.05, 0) is 42.7 Å². The van der Waals surface area contributed by atoms with Crippen molar-refractivity contribution in [3.63, 3.8) is 0 Å². The number of nitrogens with two attached hydrogens (primary N) is 1. The SMILES string of the molecule is [C-]#[N+]c1c(N)ncnc1N1CCCC(c2ccc(OC(F)(F)F)c(NC(=O)c3ccccc3Cl)c2)C1. The fraction of sp³-hybridized carbons (Fsp3) is 0.250. The van der Waals surface area contributed by atoms with E-state index >= 15 is 0 Å². The topological polar surface area (TPSA) is 97.7 Å². The van der Waals surface area contributed by atoms with Crippen molar-refractivity contribution in [2.75, 3.05) is 29.0 Å². The number of nitrogens with zero attached hydrogens (tertiary/aromatic N) is 4. The van der Waals surface area contributed by atoms with Crippen LogP contribution in [0.15, 0.2) is 48.8 Å². The minimum atomic E-state index is -4.95. The number of halogens is 4. The van der Waals surface area contributed by atoms with Crippen molar-refractivity contribution in [1.82, 2.24) is 9.97 Å². The summed E-state index contributed by atoms with van der Waals surface area (Å²) in [5.41, 5.74) is 6.64. The summed E-state index contributed by atoms with van der Waals surface area (Å²) in [6.07, 6.45) is -2.18. The standard InChI is InChI=1S/C24H20ClF3N6O2/c1-30-20-21(29)31-13-32-22(20)34-10-4-5-15(12-34)14-8-9-19(36-24(26,27)28)18(11-14)33-23(35)16-6-2-3-7-17(16)25/h2-3,6-9,11,13,15H,4-5,10,12H2,(H,33,35)(H2,29,31,32). The molecule has 2 heterocycles. The van der Waals surface area contributed by atoms with Crippen LogP contribution in [0, 0.1) is 6.57 Å². The van der Waals surface area contributed by atoms with Crippen LogP contribution < -0.4 is 20.7 Å². The van der Waals surface area contributed by atoms with E-state index in [1.807, 2.05) is 4.90 Å². The molecule has 0 aliphatic carbocycles. The van der Waals surface area contributed by atoms with Crippen LogP contribution in [0.4, 0.5) is 36.2 Å². The minimum absolute atomic E-state index is 0.0790. The summed E-state index contributed by atoms with van der Waals surface area (Å²) in [5, 5.41) is 2.66. The highest BCUT2D eigenvalue weighted by Crippen LogP contribution is 2.39. The number of rotatable bonds is 5. The molecule has 1 unspecified atom stereocenters. The molecule has 0 saturated carbocycles. The second kappa shape index (κ2) is 10.3. The zero-order valence-electron chi connectivity index (χ0n) is 18.7. The average molecular weight is 517 g/mol. The van der Waals surface area contributed by atoms with Gasteiger partial charge in [0.2, 0.25) is 0 Å². The number of hydrogen-bond donors (Lipinski definition) is 2. The highest BCUT2D eigenvalue weighted by Gasteiger charge is 2.33. The minimum Gasteiger partial charge on any atom is -0.404 e. The van der Waals surface area contributed by atoms with Gasteiger partial charge in [-0.3, -0.25) is 4.79 Å². The molecule has 4 rings (SSSR count). The van der Waals surface area contributed by atoms with Gasteiger partial charge in [0.05, 0.1) is 22.8 Å². The predicted octanol–water partition coefficient (Wildman–Crippen LogP) is 5.80. The number of anilines is 3. The number of carbonyl (C=O) groups excluding carboxylic acids is 1. The molecule has 0 radical (unpaired) electrons. The highest BCUT2D eigenvalue weighted by molar-refractivity contribution is 6.34. The number of nitrogen functional groups attached to an aromatic ring is 1. The lowest BCUT2D eigenvalue weighted by molar-refractivity contribution is -0.274. The Morgan fingerprint density at radius 1 is 1.25 bits per heavy atom. The van der Waals surface area contributed by atoms with E-state index in [0.717, 1.165) is 12.8 Å². The Hall–Kier alpha value is -4.04. The van der Waals surface area contributed by atoms with Crippen molar-refractivity contribution in [3.05, 3.63) is 76.4 Å². The van der Waals surface area contributed by atoms with Crippen molar-refractivity contribution in [3.8, 4) is 5.75 Å². The molecule has 12 heteroatoms. The number of aromatic nitrogens is 2. The van der Waals surface area contributed by atoms with Gasteiger partial charge in [-0.1, -0.05) is 29.8 Å².